The van der Waals surface area contributed by atoms with Gasteiger partial charge < -0.3 is 15.8 Å². The van der Waals surface area contributed by atoms with Crippen molar-refractivity contribution in [2.45, 2.75) is 19.8 Å². The fourth-order valence-corrected chi connectivity index (χ4v) is 1.72. The van der Waals surface area contributed by atoms with E-state index >= 15 is 0 Å². The first-order chi connectivity index (χ1) is 8.67. The molecule has 0 saturated heterocycles. The highest BCUT2D eigenvalue weighted by Gasteiger charge is 2.07. The molecule has 0 spiro atoms. The van der Waals surface area contributed by atoms with Crippen LogP contribution < -0.4 is 15.8 Å². The highest BCUT2D eigenvalue weighted by atomic mass is 16.5. The van der Waals surface area contributed by atoms with Gasteiger partial charge in [0.1, 0.15) is 5.75 Å². The average molecular weight is 250 g/mol. The van der Waals surface area contributed by atoms with Gasteiger partial charge in [0.2, 0.25) is 5.91 Å². The molecule has 1 unspecified atom stereocenters. The molecule has 0 fully saturated rings. The Bertz CT molecular complexity index is 380. The van der Waals surface area contributed by atoms with Gasteiger partial charge in [0.25, 0.3) is 0 Å². The molecule has 1 amide bonds. The predicted octanol–water partition coefficient (Wildman–Crippen LogP) is 1.34. The van der Waals surface area contributed by atoms with Crippen LogP contribution in [0.1, 0.15) is 18.9 Å². The Balaban J connectivity index is 2.35. The lowest BCUT2D eigenvalue weighted by atomic mass is 10.1. The topological polar surface area (TPSA) is 64.3 Å². The molecule has 3 N–H and O–H groups in total. The monoisotopic (exact) mass is 250 g/mol. The fraction of sp³-hybridized carbons (Fsp3) is 0.500. The molecular formula is C14H22N2O2. The van der Waals surface area contributed by atoms with Gasteiger partial charge in [0.15, 0.2) is 0 Å². The van der Waals surface area contributed by atoms with Crippen molar-refractivity contribution in [3.63, 3.8) is 0 Å². The molecule has 4 heteroatoms. The van der Waals surface area contributed by atoms with Gasteiger partial charge in [-0.25, -0.2) is 0 Å². The van der Waals surface area contributed by atoms with E-state index in [2.05, 4.69) is 5.32 Å². The summed E-state index contributed by atoms with van der Waals surface area (Å²) in [5.74, 6) is 1.15. The van der Waals surface area contributed by atoms with E-state index in [1.807, 2.05) is 31.2 Å². The lowest BCUT2D eigenvalue weighted by molar-refractivity contribution is -0.121. The molecule has 1 aromatic carbocycles. The zero-order valence-electron chi connectivity index (χ0n) is 11.1. The van der Waals surface area contributed by atoms with Crippen LogP contribution in [-0.2, 0) is 11.2 Å². The number of hydrogen-bond donors (Lipinski definition) is 2. The lowest BCUT2D eigenvalue weighted by Crippen LogP contribution is -2.28. The molecule has 100 valence electrons. The maximum absolute atomic E-state index is 11.6. The van der Waals surface area contributed by atoms with Crippen LogP contribution in [0.5, 0.6) is 5.75 Å². The Morgan fingerprint density at radius 2 is 2.17 bits per heavy atom. The van der Waals surface area contributed by atoms with Gasteiger partial charge in [-0.05, 0) is 30.5 Å². The van der Waals surface area contributed by atoms with Gasteiger partial charge in [-0.1, -0.05) is 25.1 Å². The minimum atomic E-state index is 0.0582. The minimum absolute atomic E-state index is 0.0582. The Kier molecular flexibility index (Phi) is 6.22. The molecule has 1 atom stereocenters. The van der Waals surface area contributed by atoms with Gasteiger partial charge in [0, 0.05) is 13.0 Å². The third-order valence-corrected chi connectivity index (χ3v) is 2.85. The SMILES string of the molecule is COc1ccccc1CCNC(=O)CC(C)CN. The van der Waals surface area contributed by atoms with E-state index in [1.165, 1.54) is 0 Å². The number of nitrogens with one attached hydrogen (secondary N) is 1. The van der Waals surface area contributed by atoms with Crippen molar-refractivity contribution in [1.82, 2.24) is 5.32 Å². The Morgan fingerprint density at radius 3 is 2.83 bits per heavy atom. The minimum Gasteiger partial charge on any atom is -0.496 e. The molecular weight excluding hydrogens is 228 g/mol. The van der Waals surface area contributed by atoms with Crippen molar-refractivity contribution >= 4 is 5.91 Å². The summed E-state index contributed by atoms with van der Waals surface area (Å²) in [7, 11) is 1.65. The Hall–Kier alpha value is -1.55. The molecule has 0 aromatic heterocycles. The molecule has 4 nitrogen and oxygen atoms in total. The second kappa shape index (κ2) is 7.71. The van der Waals surface area contributed by atoms with E-state index in [1.54, 1.807) is 7.11 Å². The smallest absolute Gasteiger partial charge is 0.220 e. The van der Waals surface area contributed by atoms with Crippen molar-refractivity contribution in [2.75, 3.05) is 20.2 Å². The highest BCUT2D eigenvalue weighted by molar-refractivity contribution is 5.76. The Labute approximate surface area is 109 Å². The van der Waals surface area contributed by atoms with Crippen molar-refractivity contribution in [1.29, 1.82) is 0 Å². The van der Waals surface area contributed by atoms with E-state index in [-0.39, 0.29) is 11.8 Å². The van der Waals surface area contributed by atoms with E-state index in [0.29, 0.717) is 19.5 Å². The van der Waals surface area contributed by atoms with Crippen LogP contribution in [0.2, 0.25) is 0 Å². The zero-order chi connectivity index (χ0) is 13.4. The number of benzene rings is 1. The van der Waals surface area contributed by atoms with Crippen LogP contribution in [0.25, 0.3) is 0 Å². The molecule has 0 aliphatic rings. The summed E-state index contributed by atoms with van der Waals surface area (Å²) >= 11 is 0. The standard InChI is InChI=1S/C14H22N2O2/c1-11(10-15)9-14(17)16-8-7-12-5-3-4-6-13(12)18-2/h3-6,11H,7-10,15H2,1-2H3,(H,16,17). The first-order valence-electron chi connectivity index (χ1n) is 6.26. The van der Waals surface area contributed by atoms with Gasteiger partial charge in [-0.2, -0.15) is 0 Å². The second-order valence-electron chi connectivity index (χ2n) is 4.46. The summed E-state index contributed by atoms with van der Waals surface area (Å²) in [6.45, 7) is 3.14. The molecule has 1 aromatic rings. The molecule has 1 rings (SSSR count). The largest absolute Gasteiger partial charge is 0.496 e. The number of para-hydroxylation sites is 1. The molecule has 0 aliphatic carbocycles. The van der Waals surface area contributed by atoms with E-state index in [4.69, 9.17) is 10.5 Å². The molecule has 0 radical (unpaired) electrons. The number of rotatable bonds is 7. The number of carbonyl (C=O) groups excluding carboxylic acids is 1. The quantitative estimate of drug-likeness (QED) is 0.767. The van der Waals surface area contributed by atoms with Crippen molar-refractivity contribution in [3.8, 4) is 5.75 Å². The molecule has 18 heavy (non-hydrogen) atoms. The normalized spacial score (nSPS) is 11.9. The van der Waals surface area contributed by atoms with E-state index in [0.717, 1.165) is 17.7 Å². The van der Waals surface area contributed by atoms with Crippen molar-refractivity contribution < 1.29 is 9.53 Å². The van der Waals surface area contributed by atoms with Gasteiger partial charge in [0.05, 0.1) is 7.11 Å². The van der Waals surface area contributed by atoms with Crippen LogP contribution in [0, 0.1) is 5.92 Å². The summed E-state index contributed by atoms with van der Waals surface area (Å²) in [6.07, 6.45) is 1.26. The number of carbonyl (C=O) groups is 1. The lowest BCUT2D eigenvalue weighted by Gasteiger charge is -2.10. The van der Waals surface area contributed by atoms with Crippen LogP contribution in [-0.4, -0.2) is 26.1 Å². The number of nitrogens with two attached hydrogens (primary N) is 1. The van der Waals surface area contributed by atoms with Crippen LogP contribution in [0.15, 0.2) is 24.3 Å². The molecule has 0 saturated carbocycles. The zero-order valence-corrected chi connectivity index (χ0v) is 11.1. The van der Waals surface area contributed by atoms with Gasteiger partial charge >= 0.3 is 0 Å². The highest BCUT2D eigenvalue weighted by Crippen LogP contribution is 2.17. The molecule has 0 bridgehead atoms. The summed E-state index contributed by atoms with van der Waals surface area (Å²) in [4.78, 5) is 11.6. The number of hydrogen-bond acceptors (Lipinski definition) is 3. The maximum atomic E-state index is 11.6. The van der Waals surface area contributed by atoms with E-state index in [9.17, 15) is 4.79 Å². The summed E-state index contributed by atoms with van der Waals surface area (Å²) in [6, 6.07) is 7.83. The third-order valence-electron chi connectivity index (χ3n) is 2.85. The fourth-order valence-electron chi connectivity index (χ4n) is 1.72. The first-order valence-corrected chi connectivity index (χ1v) is 6.26. The number of ether oxygens (including phenoxy) is 1. The first kappa shape index (κ1) is 14.5. The summed E-state index contributed by atoms with van der Waals surface area (Å²) < 4.78 is 5.26. The average Bonchev–Trinajstić information content (AvgIpc) is 2.39. The molecule has 0 heterocycles. The third kappa shape index (κ3) is 4.75. The van der Waals surface area contributed by atoms with Gasteiger partial charge in [-0.15, -0.1) is 0 Å². The number of methoxy groups -OCH3 is 1. The summed E-state index contributed by atoms with van der Waals surface area (Å²) in [5, 5.41) is 2.90. The van der Waals surface area contributed by atoms with Crippen LogP contribution in [0.4, 0.5) is 0 Å². The van der Waals surface area contributed by atoms with Crippen LogP contribution >= 0.6 is 0 Å². The van der Waals surface area contributed by atoms with E-state index < -0.39 is 0 Å². The van der Waals surface area contributed by atoms with Crippen molar-refractivity contribution in [3.05, 3.63) is 29.8 Å². The predicted molar refractivity (Wildman–Crippen MR) is 72.5 cm³/mol. The van der Waals surface area contributed by atoms with Gasteiger partial charge in [-0.3, -0.25) is 4.79 Å². The van der Waals surface area contributed by atoms with Crippen LogP contribution in [0.3, 0.4) is 0 Å². The second-order valence-corrected chi connectivity index (χ2v) is 4.46. The number of amides is 1. The Morgan fingerprint density at radius 1 is 1.44 bits per heavy atom. The molecule has 0 aliphatic heterocycles. The summed E-state index contributed by atoms with van der Waals surface area (Å²) in [5.41, 5.74) is 6.59. The van der Waals surface area contributed by atoms with Crippen molar-refractivity contribution in [2.24, 2.45) is 11.7 Å². The maximum Gasteiger partial charge on any atom is 0.220 e.